The van der Waals surface area contributed by atoms with E-state index in [2.05, 4.69) is 10.3 Å². The van der Waals surface area contributed by atoms with Crippen LogP contribution in [-0.2, 0) is 6.54 Å². The molecule has 2 rings (SSSR count). The maximum absolute atomic E-state index is 14.2. The molecule has 1 aromatic heterocycles. The van der Waals surface area contributed by atoms with Crippen molar-refractivity contribution in [2.75, 3.05) is 13.6 Å². The summed E-state index contributed by atoms with van der Waals surface area (Å²) in [7, 11) is 1.59. The van der Waals surface area contributed by atoms with E-state index in [-0.39, 0.29) is 24.9 Å². The molecule has 7 heteroatoms. The molecular weight excluding hydrogens is 299 g/mol. The zero-order valence-electron chi connectivity index (χ0n) is 13.5. The maximum Gasteiger partial charge on any atom is 0.317 e. The van der Waals surface area contributed by atoms with Crippen LogP contribution in [0.3, 0.4) is 0 Å². The number of nitrogens with zero attached hydrogens (tertiary/aromatic N) is 3. The van der Waals surface area contributed by atoms with Gasteiger partial charge >= 0.3 is 6.03 Å². The van der Waals surface area contributed by atoms with Crippen molar-refractivity contribution >= 4 is 6.03 Å². The van der Waals surface area contributed by atoms with Gasteiger partial charge in [-0.05, 0) is 31.5 Å². The Balaban J connectivity index is 2.01. The van der Waals surface area contributed by atoms with Gasteiger partial charge in [-0.3, -0.25) is 0 Å². The van der Waals surface area contributed by atoms with Crippen LogP contribution in [0.2, 0.25) is 0 Å². The van der Waals surface area contributed by atoms with Crippen molar-refractivity contribution in [2.45, 2.75) is 26.5 Å². The Labute approximate surface area is 134 Å². The minimum absolute atomic E-state index is 0.211. The summed E-state index contributed by atoms with van der Waals surface area (Å²) in [6.07, 6.45) is 2.71. The van der Waals surface area contributed by atoms with Crippen LogP contribution in [0.5, 0.6) is 0 Å². The third-order valence-corrected chi connectivity index (χ3v) is 3.43. The number of imidazole rings is 1. The quantitative estimate of drug-likeness (QED) is 0.883. The molecule has 0 radical (unpaired) electrons. The molecule has 23 heavy (non-hydrogen) atoms. The normalized spacial score (nSPS) is 12.0. The topological polar surface area (TPSA) is 70.4 Å². The number of rotatable bonds is 5. The highest BCUT2D eigenvalue weighted by Crippen LogP contribution is 2.16. The molecule has 0 aliphatic rings. The van der Waals surface area contributed by atoms with E-state index in [0.717, 1.165) is 0 Å². The Morgan fingerprint density at radius 1 is 1.52 bits per heavy atom. The number of benzene rings is 1. The van der Waals surface area contributed by atoms with Crippen LogP contribution in [0.1, 0.15) is 18.3 Å². The molecule has 1 heterocycles. The van der Waals surface area contributed by atoms with Gasteiger partial charge in [0.1, 0.15) is 11.6 Å². The second kappa shape index (κ2) is 7.23. The SMILES string of the molecule is Cc1nccn1-c1ccc(CNC(=O)N(C)CC(C)O)cc1F. The summed E-state index contributed by atoms with van der Waals surface area (Å²) in [6, 6.07) is 4.49. The summed E-state index contributed by atoms with van der Waals surface area (Å²) in [5.41, 5.74) is 1.07. The van der Waals surface area contributed by atoms with Crippen molar-refractivity contribution in [3.8, 4) is 5.69 Å². The second-order valence-electron chi connectivity index (χ2n) is 5.52. The summed E-state index contributed by atoms with van der Waals surface area (Å²) in [5, 5.41) is 11.9. The molecule has 0 aliphatic heterocycles. The predicted molar refractivity (Wildman–Crippen MR) is 84.8 cm³/mol. The van der Waals surface area contributed by atoms with Gasteiger partial charge in [0.25, 0.3) is 0 Å². The molecule has 0 aliphatic carbocycles. The first kappa shape index (κ1) is 17.0. The molecule has 0 fully saturated rings. The minimum atomic E-state index is -0.596. The zero-order valence-corrected chi connectivity index (χ0v) is 13.5. The van der Waals surface area contributed by atoms with Crippen molar-refractivity contribution in [3.05, 3.63) is 47.8 Å². The third-order valence-electron chi connectivity index (χ3n) is 3.43. The molecule has 1 atom stereocenters. The van der Waals surface area contributed by atoms with Crippen LogP contribution in [0, 0.1) is 12.7 Å². The summed E-state index contributed by atoms with van der Waals surface area (Å²) < 4.78 is 15.9. The van der Waals surface area contributed by atoms with E-state index in [1.165, 1.54) is 11.0 Å². The molecule has 0 saturated heterocycles. The van der Waals surface area contributed by atoms with Crippen molar-refractivity contribution in [1.82, 2.24) is 19.8 Å². The van der Waals surface area contributed by atoms with Gasteiger partial charge in [0, 0.05) is 32.5 Å². The first-order valence-electron chi connectivity index (χ1n) is 7.34. The molecule has 124 valence electrons. The maximum atomic E-state index is 14.2. The van der Waals surface area contributed by atoms with Gasteiger partial charge in [-0.15, -0.1) is 0 Å². The number of aliphatic hydroxyl groups excluding tert-OH is 1. The lowest BCUT2D eigenvalue weighted by Gasteiger charge is -2.19. The van der Waals surface area contributed by atoms with Gasteiger partial charge in [0.2, 0.25) is 0 Å². The van der Waals surface area contributed by atoms with E-state index >= 15 is 0 Å². The van der Waals surface area contributed by atoms with Crippen molar-refractivity contribution in [1.29, 1.82) is 0 Å². The van der Waals surface area contributed by atoms with E-state index < -0.39 is 6.10 Å². The van der Waals surface area contributed by atoms with E-state index in [0.29, 0.717) is 17.1 Å². The summed E-state index contributed by atoms with van der Waals surface area (Å²) in [5.74, 6) is 0.319. The van der Waals surface area contributed by atoms with E-state index in [1.54, 1.807) is 50.0 Å². The average Bonchev–Trinajstić information content (AvgIpc) is 2.90. The van der Waals surface area contributed by atoms with Crippen LogP contribution in [0.4, 0.5) is 9.18 Å². The van der Waals surface area contributed by atoms with Crippen LogP contribution in [0.15, 0.2) is 30.6 Å². The Morgan fingerprint density at radius 3 is 2.83 bits per heavy atom. The van der Waals surface area contributed by atoms with Gasteiger partial charge in [-0.2, -0.15) is 0 Å². The molecule has 0 bridgehead atoms. The predicted octanol–water partition coefficient (Wildman–Crippen LogP) is 1.84. The fourth-order valence-electron chi connectivity index (χ4n) is 2.28. The van der Waals surface area contributed by atoms with Crippen LogP contribution >= 0.6 is 0 Å². The lowest BCUT2D eigenvalue weighted by molar-refractivity contribution is 0.143. The van der Waals surface area contributed by atoms with Crippen molar-refractivity contribution in [2.24, 2.45) is 0 Å². The van der Waals surface area contributed by atoms with Gasteiger partial charge in [-0.25, -0.2) is 14.2 Å². The highest BCUT2D eigenvalue weighted by atomic mass is 19.1. The number of aromatic nitrogens is 2. The number of carbonyl (C=O) groups is 1. The highest BCUT2D eigenvalue weighted by molar-refractivity contribution is 5.73. The largest absolute Gasteiger partial charge is 0.392 e. The van der Waals surface area contributed by atoms with E-state index in [1.807, 2.05) is 0 Å². The number of likely N-dealkylation sites (N-methyl/N-ethyl adjacent to an activating group) is 1. The van der Waals surface area contributed by atoms with Gasteiger partial charge in [0.05, 0.1) is 11.8 Å². The lowest BCUT2D eigenvalue weighted by Crippen LogP contribution is -2.40. The Kier molecular flexibility index (Phi) is 5.33. The highest BCUT2D eigenvalue weighted by Gasteiger charge is 2.12. The molecule has 1 unspecified atom stereocenters. The monoisotopic (exact) mass is 320 g/mol. The fraction of sp³-hybridized carbons (Fsp3) is 0.375. The first-order valence-corrected chi connectivity index (χ1v) is 7.34. The summed E-state index contributed by atoms with van der Waals surface area (Å²) in [6.45, 7) is 3.85. The smallest absolute Gasteiger partial charge is 0.317 e. The van der Waals surface area contributed by atoms with Crippen molar-refractivity contribution < 1.29 is 14.3 Å². The number of halogens is 1. The Morgan fingerprint density at radius 2 is 2.26 bits per heavy atom. The number of hydrogen-bond acceptors (Lipinski definition) is 3. The number of aryl methyl sites for hydroxylation is 1. The molecular formula is C16H21FN4O2. The summed E-state index contributed by atoms with van der Waals surface area (Å²) >= 11 is 0. The number of urea groups is 1. The molecule has 0 spiro atoms. The summed E-state index contributed by atoms with van der Waals surface area (Å²) in [4.78, 5) is 17.3. The number of amides is 2. The molecule has 1 aromatic carbocycles. The number of nitrogens with one attached hydrogen (secondary N) is 1. The van der Waals surface area contributed by atoms with E-state index in [9.17, 15) is 14.3 Å². The first-order chi connectivity index (χ1) is 10.9. The van der Waals surface area contributed by atoms with Crippen molar-refractivity contribution in [3.63, 3.8) is 0 Å². The number of hydrogen-bond donors (Lipinski definition) is 2. The molecule has 6 nitrogen and oxygen atoms in total. The Hall–Kier alpha value is -2.41. The van der Waals surface area contributed by atoms with Gasteiger partial charge in [0.15, 0.2) is 0 Å². The van der Waals surface area contributed by atoms with Gasteiger partial charge in [-0.1, -0.05) is 6.07 Å². The lowest BCUT2D eigenvalue weighted by atomic mass is 10.2. The Bertz CT molecular complexity index is 684. The minimum Gasteiger partial charge on any atom is -0.392 e. The molecule has 2 N–H and O–H groups in total. The third kappa shape index (κ3) is 4.29. The molecule has 0 saturated carbocycles. The second-order valence-corrected chi connectivity index (χ2v) is 5.52. The number of aliphatic hydroxyl groups is 1. The standard InChI is InChI=1S/C16H21FN4O2/c1-11(22)10-20(3)16(23)19-9-13-4-5-15(14(17)8-13)21-7-6-18-12(21)2/h4-8,11,22H,9-10H2,1-3H3,(H,19,23). The van der Waals surface area contributed by atoms with Gasteiger partial charge < -0.3 is 19.9 Å². The average molecular weight is 320 g/mol. The zero-order chi connectivity index (χ0) is 17.0. The molecule has 2 amide bonds. The van der Waals surface area contributed by atoms with E-state index in [4.69, 9.17) is 0 Å². The van der Waals surface area contributed by atoms with Crippen LogP contribution in [-0.4, -0.2) is 45.3 Å². The fourth-order valence-corrected chi connectivity index (χ4v) is 2.28. The molecule has 2 aromatic rings. The van der Waals surface area contributed by atoms with Crippen LogP contribution < -0.4 is 5.32 Å². The van der Waals surface area contributed by atoms with Crippen LogP contribution in [0.25, 0.3) is 5.69 Å². The number of carbonyl (C=O) groups excluding carboxylic acids is 1.